The molecule has 0 aliphatic carbocycles. The highest BCUT2D eigenvalue weighted by molar-refractivity contribution is 6.30. The molecule has 1 unspecified atom stereocenters. The van der Waals surface area contributed by atoms with E-state index in [0.29, 0.717) is 17.5 Å². The molecule has 2 aromatic rings. The number of nitrogens with two attached hydrogens (primary N) is 1. The molecule has 1 aromatic heterocycles. The fourth-order valence-electron chi connectivity index (χ4n) is 2.76. The Morgan fingerprint density at radius 2 is 1.88 bits per heavy atom. The lowest BCUT2D eigenvalue weighted by atomic mass is 10.0. The summed E-state index contributed by atoms with van der Waals surface area (Å²) in [6.45, 7) is 3.88. The first-order valence-corrected chi connectivity index (χ1v) is 8.48. The number of nitrogen functional groups attached to an aromatic ring is 1. The van der Waals surface area contributed by atoms with Crippen molar-refractivity contribution in [3.05, 3.63) is 46.1 Å². The van der Waals surface area contributed by atoms with Crippen molar-refractivity contribution < 1.29 is 4.74 Å². The van der Waals surface area contributed by atoms with Crippen LogP contribution < -0.4 is 11.1 Å². The highest BCUT2D eigenvalue weighted by atomic mass is 35.5. The van der Waals surface area contributed by atoms with Crippen molar-refractivity contribution in [1.82, 2.24) is 14.9 Å². The predicted molar refractivity (Wildman–Crippen MR) is 96.5 cm³/mol. The molecule has 0 saturated carbocycles. The van der Waals surface area contributed by atoms with E-state index in [9.17, 15) is 0 Å². The lowest BCUT2D eigenvalue weighted by Crippen LogP contribution is -2.41. The van der Waals surface area contributed by atoms with Gasteiger partial charge in [-0.25, -0.2) is 4.98 Å². The van der Waals surface area contributed by atoms with Crippen LogP contribution in [0.5, 0.6) is 0 Å². The third kappa shape index (κ3) is 4.48. The molecule has 128 valence electrons. The molecule has 2 heterocycles. The molecule has 1 aromatic carbocycles. The molecule has 0 radical (unpaired) electrons. The molecule has 1 saturated heterocycles. The SMILES string of the molecule is Nc1nc(Cl)cc(NCC(c2ccc(Cl)cc2)N2CCOCC2)n1. The number of rotatable bonds is 5. The Morgan fingerprint density at radius 1 is 1.17 bits per heavy atom. The van der Waals surface area contributed by atoms with Gasteiger partial charge in [0.05, 0.1) is 19.3 Å². The topological polar surface area (TPSA) is 76.3 Å². The Labute approximate surface area is 150 Å². The van der Waals surface area contributed by atoms with Gasteiger partial charge in [0.1, 0.15) is 11.0 Å². The van der Waals surface area contributed by atoms with E-state index >= 15 is 0 Å². The molecule has 0 spiro atoms. The van der Waals surface area contributed by atoms with E-state index < -0.39 is 0 Å². The van der Waals surface area contributed by atoms with E-state index in [1.165, 1.54) is 5.56 Å². The zero-order valence-corrected chi connectivity index (χ0v) is 14.6. The average molecular weight is 368 g/mol. The lowest BCUT2D eigenvalue weighted by molar-refractivity contribution is 0.0187. The predicted octanol–water partition coefficient (Wildman–Crippen LogP) is 2.85. The number of hydrogen-bond donors (Lipinski definition) is 2. The zero-order valence-electron chi connectivity index (χ0n) is 13.1. The Balaban J connectivity index is 1.77. The molecule has 6 nitrogen and oxygen atoms in total. The lowest BCUT2D eigenvalue weighted by Gasteiger charge is -2.35. The van der Waals surface area contributed by atoms with Gasteiger partial charge in [0.25, 0.3) is 0 Å². The molecular formula is C16H19Cl2N5O. The normalized spacial score (nSPS) is 16.8. The van der Waals surface area contributed by atoms with Crippen LogP contribution in [0.15, 0.2) is 30.3 Å². The van der Waals surface area contributed by atoms with Crippen LogP contribution in [0.3, 0.4) is 0 Å². The maximum absolute atomic E-state index is 6.02. The number of anilines is 2. The number of morpholine rings is 1. The first-order chi connectivity index (χ1) is 11.6. The van der Waals surface area contributed by atoms with Crippen molar-refractivity contribution in [1.29, 1.82) is 0 Å². The molecule has 8 heteroatoms. The third-order valence-electron chi connectivity index (χ3n) is 3.93. The van der Waals surface area contributed by atoms with Crippen molar-refractivity contribution >= 4 is 35.0 Å². The zero-order chi connectivity index (χ0) is 16.9. The number of halogens is 2. The first kappa shape index (κ1) is 17.2. The molecule has 3 N–H and O–H groups in total. The molecule has 0 amide bonds. The number of nitrogens with one attached hydrogen (secondary N) is 1. The van der Waals surface area contributed by atoms with Crippen molar-refractivity contribution in [3.8, 4) is 0 Å². The van der Waals surface area contributed by atoms with E-state index in [2.05, 4.69) is 20.2 Å². The van der Waals surface area contributed by atoms with E-state index in [1.807, 2.05) is 24.3 Å². The summed E-state index contributed by atoms with van der Waals surface area (Å²) in [6.07, 6.45) is 0. The molecule has 1 aliphatic heterocycles. The summed E-state index contributed by atoms with van der Waals surface area (Å²) in [5.41, 5.74) is 6.83. The van der Waals surface area contributed by atoms with Gasteiger partial charge in [-0.3, -0.25) is 4.90 Å². The van der Waals surface area contributed by atoms with Gasteiger partial charge in [-0.15, -0.1) is 0 Å². The quantitative estimate of drug-likeness (QED) is 0.791. The van der Waals surface area contributed by atoms with Crippen LogP contribution in [0, 0.1) is 0 Å². The van der Waals surface area contributed by atoms with Gasteiger partial charge < -0.3 is 15.8 Å². The second-order valence-electron chi connectivity index (χ2n) is 5.53. The Hall–Kier alpha value is -1.60. The molecule has 3 rings (SSSR count). The first-order valence-electron chi connectivity index (χ1n) is 7.73. The molecule has 1 fully saturated rings. The van der Waals surface area contributed by atoms with E-state index in [4.69, 9.17) is 33.7 Å². The summed E-state index contributed by atoms with van der Waals surface area (Å²) >= 11 is 12.0. The van der Waals surface area contributed by atoms with Crippen LogP contribution in [0.4, 0.5) is 11.8 Å². The second-order valence-corrected chi connectivity index (χ2v) is 6.35. The summed E-state index contributed by atoms with van der Waals surface area (Å²) in [4.78, 5) is 10.4. The summed E-state index contributed by atoms with van der Waals surface area (Å²) in [5, 5.41) is 4.35. The summed E-state index contributed by atoms with van der Waals surface area (Å²) in [5.74, 6) is 0.763. The van der Waals surface area contributed by atoms with Crippen LogP contribution >= 0.6 is 23.2 Å². The smallest absolute Gasteiger partial charge is 0.223 e. The van der Waals surface area contributed by atoms with Crippen molar-refractivity contribution in [3.63, 3.8) is 0 Å². The highest BCUT2D eigenvalue weighted by Crippen LogP contribution is 2.24. The van der Waals surface area contributed by atoms with Crippen molar-refractivity contribution in [2.45, 2.75) is 6.04 Å². The van der Waals surface area contributed by atoms with Crippen LogP contribution in [-0.4, -0.2) is 47.7 Å². The number of nitrogens with zero attached hydrogens (tertiary/aromatic N) is 3. The van der Waals surface area contributed by atoms with Crippen molar-refractivity contribution in [2.75, 3.05) is 43.9 Å². The Morgan fingerprint density at radius 3 is 2.54 bits per heavy atom. The van der Waals surface area contributed by atoms with Crippen LogP contribution in [0.25, 0.3) is 0 Å². The fourth-order valence-corrected chi connectivity index (χ4v) is 3.07. The van der Waals surface area contributed by atoms with Gasteiger partial charge in [0.15, 0.2) is 0 Å². The molecule has 1 atom stereocenters. The van der Waals surface area contributed by atoms with Gasteiger partial charge in [0, 0.05) is 30.7 Å². The molecule has 24 heavy (non-hydrogen) atoms. The maximum atomic E-state index is 6.02. The van der Waals surface area contributed by atoms with Crippen LogP contribution in [-0.2, 0) is 4.74 Å². The van der Waals surface area contributed by atoms with Gasteiger partial charge in [-0.2, -0.15) is 4.98 Å². The summed E-state index contributed by atoms with van der Waals surface area (Å²) < 4.78 is 5.46. The van der Waals surface area contributed by atoms with E-state index in [-0.39, 0.29) is 12.0 Å². The minimum absolute atomic E-state index is 0.152. The standard InChI is InChI=1S/C16H19Cl2N5O/c17-12-3-1-11(2-4-12)13(23-5-7-24-8-6-23)10-20-15-9-14(18)21-16(19)22-15/h1-4,9,13H,5-8,10H2,(H3,19,20,21,22). The Kier molecular flexibility index (Phi) is 5.73. The highest BCUT2D eigenvalue weighted by Gasteiger charge is 2.22. The Bertz CT molecular complexity index is 656. The minimum Gasteiger partial charge on any atom is -0.379 e. The second kappa shape index (κ2) is 7.98. The van der Waals surface area contributed by atoms with E-state index in [1.54, 1.807) is 6.07 Å². The number of ether oxygens (including phenoxy) is 1. The van der Waals surface area contributed by atoms with Crippen LogP contribution in [0.1, 0.15) is 11.6 Å². The minimum atomic E-state index is 0.152. The third-order valence-corrected chi connectivity index (χ3v) is 4.38. The van der Waals surface area contributed by atoms with E-state index in [0.717, 1.165) is 31.3 Å². The molecule has 0 bridgehead atoms. The van der Waals surface area contributed by atoms with Crippen LogP contribution in [0.2, 0.25) is 10.2 Å². The summed E-state index contributed by atoms with van der Waals surface area (Å²) in [6, 6.07) is 9.74. The van der Waals surface area contributed by atoms with Gasteiger partial charge >= 0.3 is 0 Å². The van der Waals surface area contributed by atoms with Gasteiger partial charge in [-0.1, -0.05) is 35.3 Å². The number of hydrogen-bond acceptors (Lipinski definition) is 6. The van der Waals surface area contributed by atoms with Gasteiger partial charge in [0.2, 0.25) is 5.95 Å². The fraction of sp³-hybridized carbons (Fsp3) is 0.375. The summed E-state index contributed by atoms with van der Waals surface area (Å²) in [7, 11) is 0. The number of aromatic nitrogens is 2. The molecular weight excluding hydrogens is 349 g/mol. The maximum Gasteiger partial charge on any atom is 0.223 e. The molecule has 1 aliphatic rings. The average Bonchev–Trinajstić information content (AvgIpc) is 2.57. The monoisotopic (exact) mass is 367 g/mol. The van der Waals surface area contributed by atoms with Gasteiger partial charge in [-0.05, 0) is 17.7 Å². The van der Waals surface area contributed by atoms with Crippen molar-refractivity contribution in [2.24, 2.45) is 0 Å². The largest absolute Gasteiger partial charge is 0.379 e. The number of benzene rings is 1.